The molecule has 0 saturated carbocycles. The molecule has 0 unspecified atom stereocenters. The average molecular weight is 330 g/mol. The first-order chi connectivity index (χ1) is 10.2. The summed E-state index contributed by atoms with van der Waals surface area (Å²) < 4.78 is 53.5. The minimum Gasteiger partial charge on any atom is -0.306 e. The monoisotopic (exact) mass is 330 g/mol. The highest BCUT2D eigenvalue weighted by molar-refractivity contribution is 7.89. The number of rotatable bonds is 5. The summed E-state index contributed by atoms with van der Waals surface area (Å²) in [6.45, 7) is 4.97. The first-order valence-corrected chi connectivity index (χ1v) is 8.23. The van der Waals surface area contributed by atoms with Crippen LogP contribution in [0, 0.1) is 11.6 Å². The molecule has 0 radical (unpaired) electrons. The van der Waals surface area contributed by atoms with Crippen LogP contribution in [0.5, 0.6) is 0 Å². The van der Waals surface area contributed by atoms with Crippen LogP contribution >= 0.6 is 0 Å². The third-order valence-corrected chi connectivity index (χ3v) is 4.68. The van der Waals surface area contributed by atoms with Crippen LogP contribution in [0.1, 0.15) is 13.3 Å². The first kappa shape index (κ1) is 16.6. The van der Waals surface area contributed by atoms with Gasteiger partial charge >= 0.3 is 0 Å². The Balaban J connectivity index is 2.17. The number of hydrogen-bond acceptors (Lipinski definition) is 3. The molecule has 0 spiro atoms. The van der Waals surface area contributed by atoms with E-state index in [1.165, 1.54) is 6.07 Å². The Morgan fingerprint density at radius 3 is 2.55 bits per heavy atom. The van der Waals surface area contributed by atoms with E-state index in [2.05, 4.69) is 11.3 Å². The van der Waals surface area contributed by atoms with E-state index in [9.17, 15) is 22.0 Å². The van der Waals surface area contributed by atoms with E-state index in [0.717, 1.165) is 17.0 Å². The maximum absolute atomic E-state index is 13.7. The Morgan fingerprint density at radius 1 is 1.41 bits per heavy atom. The number of nitrogens with one attached hydrogen (secondary N) is 1. The molecule has 0 bridgehead atoms. The second kappa shape index (κ2) is 6.13. The third kappa shape index (κ3) is 3.69. The van der Waals surface area contributed by atoms with Crippen molar-refractivity contribution in [3.63, 3.8) is 0 Å². The molecule has 1 aliphatic rings. The Bertz CT molecular complexity index is 699. The van der Waals surface area contributed by atoms with Crippen molar-refractivity contribution in [2.45, 2.75) is 19.4 Å². The quantitative estimate of drug-likeness (QED) is 0.833. The maximum atomic E-state index is 13.7. The topological polar surface area (TPSA) is 66.5 Å². The summed E-state index contributed by atoms with van der Waals surface area (Å²) in [6.07, 6.45) is -0.150. The van der Waals surface area contributed by atoms with Crippen molar-refractivity contribution in [3.05, 3.63) is 42.0 Å². The minimum absolute atomic E-state index is 0.119. The van der Waals surface area contributed by atoms with Crippen molar-refractivity contribution in [1.29, 1.82) is 0 Å². The van der Waals surface area contributed by atoms with Crippen molar-refractivity contribution in [2.24, 2.45) is 0 Å². The number of sulfonamides is 1. The SMILES string of the molecule is C=C(C)CS(=O)(=O)N[C@H]1CC(=O)N(c2c(F)cccc2F)C1. The molecular formula is C14H16F2N2O3S. The molecular weight excluding hydrogens is 314 g/mol. The van der Waals surface area contributed by atoms with E-state index in [1.54, 1.807) is 6.92 Å². The van der Waals surface area contributed by atoms with Gasteiger partial charge in [0.05, 0.1) is 5.75 Å². The van der Waals surface area contributed by atoms with Gasteiger partial charge in [-0.1, -0.05) is 18.2 Å². The van der Waals surface area contributed by atoms with Gasteiger partial charge < -0.3 is 4.90 Å². The molecule has 1 N–H and O–H groups in total. The molecule has 1 aliphatic heterocycles. The van der Waals surface area contributed by atoms with Crippen LogP contribution in [0.15, 0.2) is 30.4 Å². The highest BCUT2D eigenvalue weighted by Crippen LogP contribution is 2.27. The van der Waals surface area contributed by atoms with Crippen LogP contribution in [0.2, 0.25) is 0 Å². The second-order valence-electron chi connectivity index (χ2n) is 5.31. The van der Waals surface area contributed by atoms with E-state index in [-0.39, 0.29) is 18.7 Å². The van der Waals surface area contributed by atoms with Gasteiger partial charge in [0.2, 0.25) is 15.9 Å². The Morgan fingerprint density at radius 2 is 2.00 bits per heavy atom. The van der Waals surface area contributed by atoms with Gasteiger partial charge in [-0.15, -0.1) is 0 Å². The smallest absolute Gasteiger partial charge is 0.228 e. The van der Waals surface area contributed by atoms with Gasteiger partial charge in [-0.3, -0.25) is 4.79 Å². The molecule has 1 fully saturated rings. The zero-order valence-electron chi connectivity index (χ0n) is 12.0. The largest absolute Gasteiger partial charge is 0.306 e. The van der Waals surface area contributed by atoms with Crippen molar-refractivity contribution in [3.8, 4) is 0 Å². The van der Waals surface area contributed by atoms with Crippen molar-refractivity contribution >= 4 is 21.6 Å². The maximum Gasteiger partial charge on any atom is 0.228 e. The van der Waals surface area contributed by atoms with Crippen LogP contribution in [0.3, 0.4) is 0 Å². The summed E-state index contributed by atoms with van der Waals surface area (Å²) in [5.41, 5.74) is 0.00271. The van der Waals surface area contributed by atoms with Crippen molar-refractivity contribution < 1.29 is 22.0 Å². The highest BCUT2D eigenvalue weighted by atomic mass is 32.2. The molecule has 22 heavy (non-hydrogen) atoms. The molecule has 1 saturated heterocycles. The summed E-state index contributed by atoms with van der Waals surface area (Å²) in [5, 5.41) is 0. The van der Waals surface area contributed by atoms with Crippen molar-refractivity contribution in [1.82, 2.24) is 4.72 Å². The van der Waals surface area contributed by atoms with E-state index >= 15 is 0 Å². The van der Waals surface area contributed by atoms with Gasteiger partial charge in [0.25, 0.3) is 0 Å². The molecule has 1 aromatic carbocycles. The lowest BCUT2D eigenvalue weighted by atomic mass is 10.2. The Kier molecular flexibility index (Phi) is 4.62. The number of nitrogens with zero attached hydrogens (tertiary/aromatic N) is 1. The number of carbonyl (C=O) groups excluding carboxylic acids is 1. The van der Waals surface area contributed by atoms with Gasteiger partial charge in [0, 0.05) is 19.0 Å². The van der Waals surface area contributed by atoms with Gasteiger partial charge in [-0.25, -0.2) is 21.9 Å². The van der Waals surface area contributed by atoms with Gasteiger partial charge in [0.1, 0.15) is 17.3 Å². The van der Waals surface area contributed by atoms with E-state index in [0.29, 0.717) is 5.57 Å². The number of amides is 1. The lowest BCUT2D eigenvalue weighted by molar-refractivity contribution is -0.117. The zero-order valence-corrected chi connectivity index (χ0v) is 12.8. The summed E-state index contributed by atoms with van der Waals surface area (Å²) in [5.74, 6) is -2.52. The predicted octanol–water partition coefficient (Wildman–Crippen LogP) is 1.57. The number of benzene rings is 1. The Hall–Kier alpha value is -1.80. The molecule has 0 aromatic heterocycles. The van der Waals surface area contributed by atoms with Crippen LogP contribution in [-0.2, 0) is 14.8 Å². The number of para-hydroxylation sites is 1. The lowest BCUT2D eigenvalue weighted by Crippen LogP contribution is -2.38. The van der Waals surface area contributed by atoms with Crippen LogP contribution in [0.4, 0.5) is 14.5 Å². The summed E-state index contributed by atoms with van der Waals surface area (Å²) in [4.78, 5) is 12.9. The normalized spacial score (nSPS) is 18.8. The van der Waals surface area contributed by atoms with Gasteiger partial charge in [0.15, 0.2) is 0 Å². The standard InChI is InChI=1S/C14H16F2N2O3S/c1-9(2)8-22(20,21)17-10-6-13(19)18(7-10)14-11(15)4-3-5-12(14)16/h3-5,10,17H,1,6-8H2,2H3/t10-/m0/s1. The van der Waals surface area contributed by atoms with Crippen LogP contribution in [-0.4, -0.2) is 32.7 Å². The van der Waals surface area contributed by atoms with Crippen LogP contribution in [0.25, 0.3) is 0 Å². The molecule has 1 aromatic rings. The molecule has 120 valence electrons. The molecule has 1 amide bonds. The summed E-state index contributed by atoms with van der Waals surface area (Å²) in [6, 6.07) is 2.56. The fourth-order valence-corrected chi connectivity index (χ4v) is 3.77. The Labute approximate surface area is 127 Å². The van der Waals surface area contributed by atoms with Crippen LogP contribution < -0.4 is 9.62 Å². The molecule has 8 heteroatoms. The van der Waals surface area contributed by atoms with Gasteiger partial charge in [-0.05, 0) is 19.1 Å². The average Bonchev–Trinajstić information content (AvgIpc) is 2.67. The number of carbonyl (C=O) groups is 1. The van der Waals surface area contributed by atoms with E-state index in [4.69, 9.17) is 0 Å². The first-order valence-electron chi connectivity index (χ1n) is 6.58. The van der Waals surface area contributed by atoms with E-state index in [1.807, 2.05) is 0 Å². The molecule has 5 nitrogen and oxygen atoms in total. The zero-order chi connectivity index (χ0) is 16.5. The molecule has 1 heterocycles. The molecule has 1 atom stereocenters. The number of hydrogen-bond donors (Lipinski definition) is 1. The predicted molar refractivity (Wildman–Crippen MR) is 78.9 cm³/mol. The summed E-state index contributed by atoms with van der Waals surface area (Å²) in [7, 11) is -3.63. The van der Waals surface area contributed by atoms with E-state index < -0.39 is 39.3 Å². The third-order valence-electron chi connectivity index (χ3n) is 3.12. The summed E-state index contributed by atoms with van der Waals surface area (Å²) >= 11 is 0. The molecule has 0 aliphatic carbocycles. The number of anilines is 1. The molecule has 2 rings (SSSR count). The fourth-order valence-electron chi connectivity index (χ4n) is 2.37. The number of halogens is 2. The van der Waals surface area contributed by atoms with Gasteiger partial charge in [-0.2, -0.15) is 0 Å². The minimum atomic E-state index is -3.63. The van der Waals surface area contributed by atoms with Crippen molar-refractivity contribution in [2.75, 3.05) is 17.2 Å². The fraction of sp³-hybridized carbons (Fsp3) is 0.357. The second-order valence-corrected chi connectivity index (χ2v) is 7.06. The highest BCUT2D eigenvalue weighted by Gasteiger charge is 2.35. The lowest BCUT2D eigenvalue weighted by Gasteiger charge is -2.18.